The number of nitrogens with one attached hydrogen (secondary N) is 2. The normalized spacial score (nSPS) is 11.3. The second-order valence-corrected chi connectivity index (χ2v) is 5.98. The van der Waals surface area contributed by atoms with E-state index in [1.165, 1.54) is 4.68 Å². The fraction of sp³-hybridized carbons (Fsp3) is 0.143. The maximum Gasteiger partial charge on any atom is 0.216 e. The van der Waals surface area contributed by atoms with Crippen LogP contribution in [0.25, 0.3) is 11.5 Å². The number of methoxy groups -OCH3 is 1. The molecule has 118 valence electrons. The van der Waals surface area contributed by atoms with Crippen molar-refractivity contribution in [1.29, 1.82) is 0 Å². The largest absolute Gasteiger partial charge is 0.496 e. The highest BCUT2D eigenvalue weighted by Crippen LogP contribution is 2.25. The Hall–Kier alpha value is -2.26. The summed E-state index contributed by atoms with van der Waals surface area (Å²) in [6.07, 6.45) is 1.69. The van der Waals surface area contributed by atoms with Crippen molar-refractivity contribution < 1.29 is 4.74 Å². The third-order valence-electron chi connectivity index (χ3n) is 3.08. The summed E-state index contributed by atoms with van der Waals surface area (Å²) in [7, 11) is 1.62. The summed E-state index contributed by atoms with van der Waals surface area (Å²) in [5.41, 5.74) is 2.50. The molecule has 0 aliphatic carbocycles. The summed E-state index contributed by atoms with van der Waals surface area (Å²) in [5, 5.41) is 18.4. The molecular formula is C14H13BrN6OS. The lowest BCUT2D eigenvalue weighted by molar-refractivity contribution is 0.412. The molecule has 0 bridgehead atoms. The van der Waals surface area contributed by atoms with Gasteiger partial charge in [0.2, 0.25) is 10.6 Å². The fourth-order valence-corrected chi connectivity index (χ4v) is 2.72. The Bertz CT molecular complexity index is 925. The maximum absolute atomic E-state index is 5.22. The molecule has 0 radical (unpaired) electrons. The lowest BCUT2D eigenvalue weighted by Crippen LogP contribution is -1.95. The highest BCUT2D eigenvalue weighted by atomic mass is 79.9. The lowest BCUT2D eigenvalue weighted by atomic mass is 10.2. The number of ether oxygens (including phenoxy) is 1. The van der Waals surface area contributed by atoms with Gasteiger partial charge in [-0.25, -0.2) is 5.10 Å². The van der Waals surface area contributed by atoms with Gasteiger partial charge in [0.1, 0.15) is 11.4 Å². The van der Waals surface area contributed by atoms with Crippen LogP contribution in [0.1, 0.15) is 11.3 Å². The van der Waals surface area contributed by atoms with Crippen molar-refractivity contribution >= 4 is 34.4 Å². The van der Waals surface area contributed by atoms with E-state index in [0.29, 0.717) is 16.3 Å². The van der Waals surface area contributed by atoms with E-state index in [0.717, 1.165) is 21.5 Å². The molecule has 0 atom stereocenters. The van der Waals surface area contributed by atoms with Gasteiger partial charge in [0.25, 0.3) is 0 Å². The molecule has 0 saturated carbocycles. The summed E-state index contributed by atoms with van der Waals surface area (Å²) in [6.45, 7) is 1.92. The fourth-order valence-electron chi connectivity index (χ4n) is 1.98. The quantitative estimate of drug-likeness (QED) is 0.526. The summed E-state index contributed by atoms with van der Waals surface area (Å²) >= 11 is 8.67. The van der Waals surface area contributed by atoms with Gasteiger partial charge < -0.3 is 4.74 Å². The van der Waals surface area contributed by atoms with E-state index in [2.05, 4.69) is 41.4 Å². The Labute approximate surface area is 145 Å². The van der Waals surface area contributed by atoms with E-state index in [-0.39, 0.29) is 0 Å². The van der Waals surface area contributed by atoms with E-state index in [1.807, 2.05) is 31.2 Å². The molecule has 3 rings (SSSR count). The van der Waals surface area contributed by atoms with Gasteiger partial charge in [0.05, 0.1) is 17.8 Å². The highest BCUT2D eigenvalue weighted by Gasteiger charge is 2.11. The standard InChI is InChI=1S/C14H13BrN6OS/c1-8-5-11(18-17-8)13-19-20-14(23)21(13)16-7-9-3-4-12(22-2)10(15)6-9/h3-7H,1-2H3,(H,17,18)(H,20,23). The summed E-state index contributed by atoms with van der Waals surface area (Å²) in [5.74, 6) is 1.30. The van der Waals surface area contributed by atoms with E-state index in [4.69, 9.17) is 17.0 Å². The van der Waals surface area contributed by atoms with E-state index < -0.39 is 0 Å². The predicted molar refractivity (Wildman–Crippen MR) is 93.4 cm³/mol. The lowest BCUT2D eigenvalue weighted by Gasteiger charge is -2.03. The van der Waals surface area contributed by atoms with Gasteiger partial charge in [-0.3, -0.25) is 5.10 Å². The number of rotatable bonds is 4. The minimum absolute atomic E-state index is 0.393. The SMILES string of the molecule is COc1ccc(C=Nn2c(-c3cc(C)[nH]n3)n[nH]c2=S)cc1Br. The van der Waals surface area contributed by atoms with Gasteiger partial charge in [-0.15, -0.1) is 0 Å². The second kappa shape index (κ2) is 6.47. The number of benzene rings is 1. The van der Waals surface area contributed by atoms with E-state index in [9.17, 15) is 0 Å². The maximum atomic E-state index is 5.22. The smallest absolute Gasteiger partial charge is 0.216 e. The Morgan fingerprint density at radius 3 is 2.78 bits per heavy atom. The molecule has 2 N–H and O–H groups in total. The van der Waals surface area contributed by atoms with Crippen molar-refractivity contribution in [3.05, 3.63) is 44.8 Å². The first-order valence-electron chi connectivity index (χ1n) is 6.66. The van der Waals surface area contributed by atoms with Crippen molar-refractivity contribution in [2.45, 2.75) is 6.92 Å². The topological polar surface area (TPSA) is 83.9 Å². The van der Waals surface area contributed by atoms with Gasteiger partial charge in [-0.1, -0.05) is 0 Å². The van der Waals surface area contributed by atoms with Crippen LogP contribution in [0.2, 0.25) is 0 Å². The molecule has 2 heterocycles. The number of hydrogen-bond donors (Lipinski definition) is 2. The Morgan fingerprint density at radius 1 is 1.30 bits per heavy atom. The molecule has 3 aromatic rings. The average molecular weight is 393 g/mol. The van der Waals surface area contributed by atoms with Crippen LogP contribution in [0.4, 0.5) is 0 Å². The van der Waals surface area contributed by atoms with Crippen LogP contribution in [-0.4, -0.2) is 38.4 Å². The molecule has 9 heteroatoms. The molecule has 0 unspecified atom stereocenters. The Kier molecular flexibility index (Phi) is 4.39. The Balaban J connectivity index is 1.95. The van der Waals surface area contributed by atoms with Crippen LogP contribution in [0, 0.1) is 11.7 Å². The van der Waals surface area contributed by atoms with Crippen molar-refractivity contribution in [3.8, 4) is 17.3 Å². The van der Waals surface area contributed by atoms with Crippen LogP contribution >= 0.6 is 28.1 Å². The third kappa shape index (κ3) is 3.25. The number of nitrogens with zero attached hydrogens (tertiary/aromatic N) is 4. The molecule has 0 fully saturated rings. The van der Waals surface area contributed by atoms with Crippen LogP contribution in [0.5, 0.6) is 5.75 Å². The van der Waals surface area contributed by atoms with E-state index in [1.54, 1.807) is 13.3 Å². The molecule has 0 amide bonds. The zero-order chi connectivity index (χ0) is 16.4. The summed E-state index contributed by atoms with van der Waals surface area (Å²) < 4.78 is 7.98. The van der Waals surface area contributed by atoms with Gasteiger partial charge in [-0.05, 0) is 64.9 Å². The van der Waals surface area contributed by atoms with Gasteiger partial charge >= 0.3 is 0 Å². The number of halogens is 1. The molecule has 0 saturated heterocycles. The van der Waals surface area contributed by atoms with Crippen molar-refractivity contribution in [2.24, 2.45) is 5.10 Å². The molecule has 0 aliphatic heterocycles. The number of aromatic nitrogens is 5. The van der Waals surface area contributed by atoms with Crippen molar-refractivity contribution in [1.82, 2.24) is 25.1 Å². The molecule has 7 nitrogen and oxygen atoms in total. The van der Waals surface area contributed by atoms with Crippen LogP contribution in [-0.2, 0) is 0 Å². The zero-order valence-corrected chi connectivity index (χ0v) is 14.8. The van der Waals surface area contributed by atoms with Crippen LogP contribution < -0.4 is 4.74 Å². The number of H-pyrrole nitrogens is 2. The average Bonchev–Trinajstić information content (AvgIpc) is 3.11. The molecule has 23 heavy (non-hydrogen) atoms. The van der Waals surface area contributed by atoms with Gasteiger partial charge in [-0.2, -0.15) is 20.0 Å². The molecular weight excluding hydrogens is 380 g/mol. The minimum Gasteiger partial charge on any atom is -0.496 e. The first-order chi connectivity index (χ1) is 11.1. The highest BCUT2D eigenvalue weighted by molar-refractivity contribution is 9.10. The third-order valence-corrected chi connectivity index (χ3v) is 3.97. The molecule has 0 aliphatic rings. The zero-order valence-electron chi connectivity index (χ0n) is 12.4. The van der Waals surface area contributed by atoms with Crippen LogP contribution in [0.3, 0.4) is 0 Å². The molecule has 2 aromatic heterocycles. The number of aromatic amines is 2. The number of hydrogen-bond acceptors (Lipinski definition) is 5. The van der Waals surface area contributed by atoms with Gasteiger partial charge in [0.15, 0.2) is 0 Å². The summed E-state index contributed by atoms with van der Waals surface area (Å²) in [4.78, 5) is 0. The number of aryl methyl sites for hydroxylation is 1. The first kappa shape index (κ1) is 15.6. The van der Waals surface area contributed by atoms with Gasteiger partial charge in [0, 0.05) is 5.69 Å². The molecule has 0 spiro atoms. The first-order valence-corrected chi connectivity index (χ1v) is 7.86. The van der Waals surface area contributed by atoms with Crippen molar-refractivity contribution in [2.75, 3.05) is 7.11 Å². The van der Waals surface area contributed by atoms with E-state index >= 15 is 0 Å². The second-order valence-electron chi connectivity index (χ2n) is 4.74. The monoisotopic (exact) mass is 392 g/mol. The predicted octanol–water partition coefficient (Wildman–Crippen LogP) is 3.29. The Morgan fingerprint density at radius 2 is 2.13 bits per heavy atom. The summed E-state index contributed by atoms with van der Waals surface area (Å²) in [6, 6.07) is 7.54. The van der Waals surface area contributed by atoms with Crippen LogP contribution in [0.15, 0.2) is 33.8 Å². The minimum atomic E-state index is 0.393. The van der Waals surface area contributed by atoms with Crippen molar-refractivity contribution in [3.63, 3.8) is 0 Å². The molecule has 1 aromatic carbocycles.